The predicted molar refractivity (Wildman–Crippen MR) is 117 cm³/mol. The third-order valence-corrected chi connectivity index (χ3v) is 4.65. The van der Waals surface area contributed by atoms with Crippen LogP contribution in [0.3, 0.4) is 0 Å². The van der Waals surface area contributed by atoms with E-state index in [9.17, 15) is 4.79 Å². The molecule has 0 spiro atoms. The van der Waals surface area contributed by atoms with Crippen LogP contribution in [-0.4, -0.2) is 32.5 Å². The average Bonchev–Trinajstić information content (AvgIpc) is 2.79. The summed E-state index contributed by atoms with van der Waals surface area (Å²) in [5.74, 6) is 0.436. The van der Waals surface area contributed by atoms with Crippen molar-refractivity contribution < 1.29 is 4.79 Å². The number of urea groups is 1. The summed E-state index contributed by atoms with van der Waals surface area (Å²) in [6.07, 6.45) is 8.05. The van der Waals surface area contributed by atoms with E-state index in [4.69, 9.17) is 0 Å². The number of fused-ring (bicyclic) bond motifs is 1. The van der Waals surface area contributed by atoms with Crippen LogP contribution >= 0.6 is 0 Å². The molecule has 7 heteroatoms. The first-order valence-corrected chi connectivity index (χ1v) is 9.91. The zero-order valence-corrected chi connectivity index (χ0v) is 16.5. The summed E-state index contributed by atoms with van der Waals surface area (Å²) in [6, 6.07) is 17.3. The smallest absolute Gasteiger partial charge is 0.320 e. The second-order valence-corrected chi connectivity index (χ2v) is 6.85. The van der Waals surface area contributed by atoms with Gasteiger partial charge in [-0.05, 0) is 49.1 Å². The van der Waals surface area contributed by atoms with Crippen LogP contribution < -0.4 is 10.6 Å². The van der Waals surface area contributed by atoms with Crippen molar-refractivity contribution in [1.82, 2.24) is 25.3 Å². The summed E-state index contributed by atoms with van der Waals surface area (Å²) in [7, 11) is 0. The van der Waals surface area contributed by atoms with Gasteiger partial charge in [-0.3, -0.25) is 15.3 Å². The number of anilines is 1. The zero-order chi connectivity index (χ0) is 20.6. The molecule has 4 aromatic rings. The molecular weight excluding hydrogens is 376 g/mol. The fourth-order valence-corrected chi connectivity index (χ4v) is 3.09. The lowest BCUT2D eigenvalue weighted by atomic mass is 10.1. The van der Waals surface area contributed by atoms with Gasteiger partial charge in [-0.15, -0.1) is 0 Å². The number of pyridine rings is 2. The minimum Gasteiger partial charge on any atom is -0.338 e. The number of hydrogen-bond acceptors (Lipinski definition) is 5. The minimum absolute atomic E-state index is 0.278. The van der Waals surface area contributed by atoms with Crippen LogP contribution in [-0.2, 0) is 6.42 Å². The molecule has 3 aromatic heterocycles. The lowest BCUT2D eigenvalue weighted by molar-refractivity contribution is 0.252. The van der Waals surface area contributed by atoms with Gasteiger partial charge in [0.05, 0.1) is 11.9 Å². The SMILES string of the molecule is O=C(NCCCCc1ccccc1)Nc1ccc2ncc(-c3ccncc3)nc2n1. The molecular formula is C23H22N6O. The number of aryl methyl sites for hydroxylation is 1. The van der Waals surface area contributed by atoms with E-state index in [0.29, 0.717) is 29.2 Å². The molecule has 4 rings (SSSR count). The van der Waals surface area contributed by atoms with E-state index in [0.717, 1.165) is 24.8 Å². The molecule has 0 radical (unpaired) electrons. The van der Waals surface area contributed by atoms with Gasteiger partial charge in [0.15, 0.2) is 5.65 Å². The predicted octanol–water partition coefficient (Wildman–Crippen LogP) is 4.23. The van der Waals surface area contributed by atoms with E-state index in [-0.39, 0.29) is 6.03 Å². The van der Waals surface area contributed by atoms with E-state index in [1.807, 2.05) is 30.3 Å². The highest BCUT2D eigenvalue weighted by Gasteiger charge is 2.07. The van der Waals surface area contributed by atoms with Crippen LogP contribution in [0.2, 0.25) is 0 Å². The molecule has 0 aliphatic heterocycles. The number of hydrogen-bond donors (Lipinski definition) is 2. The Labute approximate surface area is 174 Å². The number of unbranched alkanes of at least 4 members (excludes halogenated alkanes) is 1. The monoisotopic (exact) mass is 398 g/mol. The molecule has 0 atom stereocenters. The molecule has 2 amide bonds. The molecule has 0 unspecified atom stereocenters. The second kappa shape index (κ2) is 9.56. The summed E-state index contributed by atoms with van der Waals surface area (Å²) < 4.78 is 0. The van der Waals surface area contributed by atoms with Crippen LogP contribution in [0.1, 0.15) is 18.4 Å². The maximum absolute atomic E-state index is 12.2. The van der Waals surface area contributed by atoms with Gasteiger partial charge in [0.25, 0.3) is 0 Å². The normalized spacial score (nSPS) is 10.7. The Morgan fingerprint density at radius 1 is 0.900 bits per heavy atom. The van der Waals surface area contributed by atoms with Crippen molar-refractivity contribution in [1.29, 1.82) is 0 Å². The van der Waals surface area contributed by atoms with Crippen molar-refractivity contribution in [2.45, 2.75) is 19.3 Å². The molecule has 3 heterocycles. The standard InChI is InChI=1S/C23H22N6O/c30-23(25-13-5-4-8-17-6-2-1-3-7-17)29-21-10-9-19-22(28-21)27-20(16-26-19)18-11-14-24-15-12-18/h1-3,6-7,9-12,14-16H,4-5,8,13H2,(H2,25,27,28,29,30). The number of nitrogens with zero attached hydrogens (tertiary/aromatic N) is 4. The highest BCUT2D eigenvalue weighted by Crippen LogP contribution is 2.18. The first kappa shape index (κ1) is 19.4. The van der Waals surface area contributed by atoms with Crippen molar-refractivity contribution in [3.8, 4) is 11.3 Å². The summed E-state index contributed by atoms with van der Waals surface area (Å²) in [5, 5.41) is 5.63. The molecule has 30 heavy (non-hydrogen) atoms. The van der Waals surface area contributed by atoms with Crippen LogP contribution in [0.25, 0.3) is 22.4 Å². The Hall–Kier alpha value is -3.87. The molecule has 7 nitrogen and oxygen atoms in total. The fourth-order valence-electron chi connectivity index (χ4n) is 3.09. The Kier molecular flexibility index (Phi) is 6.19. The second-order valence-electron chi connectivity index (χ2n) is 6.85. The summed E-state index contributed by atoms with van der Waals surface area (Å²) in [5.41, 5.74) is 4.07. The highest BCUT2D eigenvalue weighted by molar-refractivity contribution is 5.89. The Morgan fingerprint density at radius 3 is 2.57 bits per heavy atom. The van der Waals surface area contributed by atoms with Gasteiger partial charge in [-0.25, -0.2) is 14.8 Å². The lowest BCUT2D eigenvalue weighted by Gasteiger charge is -2.08. The topological polar surface area (TPSA) is 92.7 Å². The number of rotatable bonds is 7. The quantitative estimate of drug-likeness (QED) is 0.455. The number of carbonyl (C=O) groups excluding carboxylic acids is 1. The molecule has 0 fully saturated rings. The van der Waals surface area contributed by atoms with Gasteiger partial charge in [-0.1, -0.05) is 30.3 Å². The summed E-state index contributed by atoms with van der Waals surface area (Å²) in [4.78, 5) is 29.6. The minimum atomic E-state index is -0.278. The van der Waals surface area contributed by atoms with Crippen molar-refractivity contribution in [2.24, 2.45) is 0 Å². The van der Waals surface area contributed by atoms with E-state index < -0.39 is 0 Å². The molecule has 0 bridgehead atoms. The van der Waals surface area contributed by atoms with Crippen molar-refractivity contribution in [3.63, 3.8) is 0 Å². The van der Waals surface area contributed by atoms with E-state index in [1.165, 1.54) is 5.56 Å². The van der Waals surface area contributed by atoms with Crippen molar-refractivity contribution in [3.05, 3.63) is 78.8 Å². The number of carbonyl (C=O) groups is 1. The van der Waals surface area contributed by atoms with Crippen LogP contribution in [0.5, 0.6) is 0 Å². The molecule has 0 aliphatic carbocycles. The first-order chi connectivity index (χ1) is 14.8. The number of amides is 2. The summed E-state index contributed by atoms with van der Waals surface area (Å²) >= 11 is 0. The lowest BCUT2D eigenvalue weighted by Crippen LogP contribution is -2.29. The van der Waals surface area contributed by atoms with Crippen molar-refractivity contribution in [2.75, 3.05) is 11.9 Å². The van der Waals surface area contributed by atoms with Gasteiger partial charge >= 0.3 is 6.03 Å². The maximum Gasteiger partial charge on any atom is 0.320 e. The average molecular weight is 398 g/mol. The Bertz CT molecular complexity index is 1120. The molecule has 0 aliphatic rings. The third kappa shape index (κ3) is 5.14. The van der Waals surface area contributed by atoms with Crippen LogP contribution in [0, 0.1) is 0 Å². The number of nitrogens with one attached hydrogen (secondary N) is 2. The Balaban J connectivity index is 1.31. The highest BCUT2D eigenvalue weighted by atomic mass is 16.2. The number of aromatic nitrogens is 4. The van der Waals surface area contributed by atoms with Crippen LogP contribution in [0.15, 0.2) is 73.2 Å². The van der Waals surface area contributed by atoms with Gasteiger partial charge in [0, 0.05) is 24.5 Å². The fraction of sp³-hybridized carbons (Fsp3) is 0.174. The molecule has 2 N–H and O–H groups in total. The van der Waals surface area contributed by atoms with Gasteiger partial charge in [0.2, 0.25) is 0 Å². The molecule has 0 saturated heterocycles. The zero-order valence-electron chi connectivity index (χ0n) is 16.5. The largest absolute Gasteiger partial charge is 0.338 e. The number of benzene rings is 1. The Morgan fingerprint density at radius 2 is 1.73 bits per heavy atom. The third-order valence-electron chi connectivity index (χ3n) is 4.65. The van der Waals surface area contributed by atoms with Crippen molar-refractivity contribution >= 4 is 23.0 Å². The molecule has 150 valence electrons. The van der Waals surface area contributed by atoms with Crippen LogP contribution in [0.4, 0.5) is 10.6 Å². The van der Waals surface area contributed by atoms with E-state index in [2.05, 4.69) is 42.7 Å². The van der Waals surface area contributed by atoms with Gasteiger partial charge < -0.3 is 5.32 Å². The summed E-state index contributed by atoms with van der Waals surface area (Å²) in [6.45, 7) is 0.609. The first-order valence-electron chi connectivity index (χ1n) is 9.91. The maximum atomic E-state index is 12.2. The van der Waals surface area contributed by atoms with E-state index >= 15 is 0 Å². The van der Waals surface area contributed by atoms with Gasteiger partial charge in [-0.2, -0.15) is 0 Å². The van der Waals surface area contributed by atoms with Gasteiger partial charge in [0.1, 0.15) is 11.3 Å². The van der Waals surface area contributed by atoms with E-state index in [1.54, 1.807) is 30.7 Å². The molecule has 0 saturated carbocycles. The molecule has 1 aromatic carbocycles.